The van der Waals surface area contributed by atoms with Crippen molar-refractivity contribution in [3.05, 3.63) is 65.1 Å². The molecule has 2 N–H and O–H groups in total. The summed E-state index contributed by atoms with van der Waals surface area (Å²) in [6.07, 6.45) is -4.26. The number of ether oxygens (including phenoxy) is 1. The topological polar surface area (TPSA) is 60.5 Å². The third kappa shape index (κ3) is 3.85. The summed E-state index contributed by atoms with van der Waals surface area (Å²) >= 11 is 0. The Labute approximate surface area is 163 Å². The summed E-state index contributed by atoms with van der Waals surface area (Å²) in [7, 11) is 0. The fraction of sp³-hybridized carbons (Fsp3) is 0.250. The van der Waals surface area contributed by atoms with Crippen molar-refractivity contribution in [3.63, 3.8) is 0 Å². The number of alkyl halides is 3. The molecule has 0 saturated heterocycles. The van der Waals surface area contributed by atoms with E-state index in [0.29, 0.717) is 18.5 Å². The van der Waals surface area contributed by atoms with Crippen molar-refractivity contribution in [1.82, 2.24) is 9.47 Å². The molecule has 0 bridgehead atoms. The minimum absolute atomic E-state index is 0.235. The fourth-order valence-corrected chi connectivity index (χ4v) is 3.81. The van der Waals surface area contributed by atoms with E-state index in [2.05, 4.69) is 4.74 Å². The summed E-state index contributed by atoms with van der Waals surface area (Å²) < 4.78 is 57.3. The van der Waals surface area contributed by atoms with Gasteiger partial charge in [0.1, 0.15) is 11.6 Å². The third-order valence-corrected chi connectivity index (χ3v) is 5.01. The van der Waals surface area contributed by atoms with Gasteiger partial charge in [-0.1, -0.05) is 12.1 Å². The lowest BCUT2D eigenvalue weighted by Gasteiger charge is -2.27. The SMILES string of the molecule is NC(=O)N1CCc2c(n(Cc3cccc(OC(F)(F)F)c3)c3ccc(F)cc23)C1. The van der Waals surface area contributed by atoms with Crippen LogP contribution in [0.4, 0.5) is 22.4 Å². The van der Waals surface area contributed by atoms with Gasteiger partial charge in [0.2, 0.25) is 0 Å². The standard InChI is InChI=1S/C20H17F4N3O2/c21-13-4-5-17-16(9-13)15-6-7-26(19(25)28)11-18(15)27(17)10-12-2-1-3-14(8-12)29-20(22,23)24/h1-5,8-9H,6-7,10-11H2,(H2,25,28). The number of carbonyl (C=O) groups is 1. The van der Waals surface area contributed by atoms with Gasteiger partial charge >= 0.3 is 12.4 Å². The van der Waals surface area contributed by atoms with Crippen LogP contribution in [0.2, 0.25) is 0 Å². The number of nitrogens with zero attached hydrogens (tertiary/aromatic N) is 2. The van der Waals surface area contributed by atoms with Crippen LogP contribution in [0.1, 0.15) is 16.8 Å². The smallest absolute Gasteiger partial charge is 0.406 e. The highest BCUT2D eigenvalue weighted by molar-refractivity contribution is 5.86. The summed E-state index contributed by atoms with van der Waals surface area (Å²) in [5.74, 6) is -0.694. The van der Waals surface area contributed by atoms with Crippen molar-refractivity contribution in [2.75, 3.05) is 6.54 Å². The number of benzene rings is 2. The van der Waals surface area contributed by atoms with Gasteiger partial charge in [-0.05, 0) is 47.9 Å². The minimum Gasteiger partial charge on any atom is -0.406 e. The molecule has 1 aliphatic rings. The molecule has 0 spiro atoms. The molecule has 29 heavy (non-hydrogen) atoms. The Kier molecular flexibility index (Phi) is 4.60. The molecule has 9 heteroatoms. The second-order valence-corrected chi connectivity index (χ2v) is 6.88. The lowest BCUT2D eigenvalue weighted by atomic mass is 10.0. The zero-order valence-electron chi connectivity index (χ0n) is 15.2. The molecule has 0 saturated carbocycles. The first kappa shape index (κ1) is 19.1. The lowest BCUT2D eigenvalue weighted by molar-refractivity contribution is -0.274. The van der Waals surface area contributed by atoms with E-state index >= 15 is 0 Å². The van der Waals surface area contributed by atoms with Gasteiger partial charge in [-0.3, -0.25) is 0 Å². The molecule has 0 fully saturated rings. The first-order valence-electron chi connectivity index (χ1n) is 8.90. The maximum absolute atomic E-state index is 13.8. The summed E-state index contributed by atoms with van der Waals surface area (Å²) in [5.41, 5.74) is 8.44. The van der Waals surface area contributed by atoms with E-state index in [1.165, 1.54) is 35.2 Å². The molecule has 0 radical (unpaired) electrons. The van der Waals surface area contributed by atoms with E-state index in [1.807, 2.05) is 4.57 Å². The number of amides is 2. The zero-order chi connectivity index (χ0) is 20.8. The second-order valence-electron chi connectivity index (χ2n) is 6.88. The highest BCUT2D eigenvalue weighted by atomic mass is 19.4. The molecule has 2 heterocycles. The van der Waals surface area contributed by atoms with Crippen molar-refractivity contribution in [2.24, 2.45) is 5.73 Å². The van der Waals surface area contributed by atoms with Gasteiger partial charge in [0, 0.05) is 29.7 Å². The number of carbonyl (C=O) groups excluding carboxylic acids is 1. The average molecular weight is 407 g/mol. The van der Waals surface area contributed by atoms with Gasteiger partial charge < -0.3 is 19.9 Å². The number of rotatable bonds is 3. The van der Waals surface area contributed by atoms with Crippen LogP contribution in [0.3, 0.4) is 0 Å². The summed E-state index contributed by atoms with van der Waals surface area (Å²) in [4.78, 5) is 13.1. The molecule has 152 valence electrons. The molecule has 0 unspecified atom stereocenters. The van der Waals surface area contributed by atoms with Crippen LogP contribution in [0, 0.1) is 5.82 Å². The predicted octanol–water partition coefficient (Wildman–Crippen LogP) is 4.16. The Morgan fingerprint density at radius 1 is 1.17 bits per heavy atom. The molecular formula is C20H17F4N3O2. The minimum atomic E-state index is -4.78. The molecule has 2 aromatic carbocycles. The van der Waals surface area contributed by atoms with Crippen LogP contribution in [0.5, 0.6) is 5.75 Å². The number of aromatic nitrogens is 1. The quantitative estimate of drug-likeness (QED) is 0.663. The Morgan fingerprint density at radius 3 is 2.69 bits per heavy atom. The van der Waals surface area contributed by atoms with E-state index in [0.717, 1.165) is 22.2 Å². The highest BCUT2D eigenvalue weighted by Gasteiger charge is 2.31. The maximum Gasteiger partial charge on any atom is 0.573 e. The highest BCUT2D eigenvalue weighted by Crippen LogP contribution is 2.33. The van der Waals surface area contributed by atoms with Crippen LogP contribution in [0.15, 0.2) is 42.5 Å². The molecule has 3 aromatic rings. The Hall–Kier alpha value is -3.23. The van der Waals surface area contributed by atoms with Gasteiger partial charge in [-0.25, -0.2) is 9.18 Å². The number of hydrogen-bond acceptors (Lipinski definition) is 2. The molecule has 5 nitrogen and oxygen atoms in total. The molecule has 1 aliphatic heterocycles. The monoisotopic (exact) mass is 407 g/mol. The van der Waals surface area contributed by atoms with Crippen molar-refractivity contribution < 1.29 is 27.1 Å². The third-order valence-electron chi connectivity index (χ3n) is 5.01. The number of nitrogens with two attached hydrogens (primary N) is 1. The van der Waals surface area contributed by atoms with E-state index in [1.54, 1.807) is 12.1 Å². The normalized spacial score (nSPS) is 14.1. The van der Waals surface area contributed by atoms with Crippen molar-refractivity contribution in [2.45, 2.75) is 25.9 Å². The predicted molar refractivity (Wildman–Crippen MR) is 97.8 cm³/mol. The Bertz CT molecular complexity index is 1090. The lowest BCUT2D eigenvalue weighted by Crippen LogP contribution is -2.40. The number of hydrogen-bond donors (Lipinski definition) is 1. The summed E-state index contributed by atoms with van der Waals surface area (Å²) in [6.45, 7) is 0.908. The number of urea groups is 1. The Morgan fingerprint density at radius 2 is 1.97 bits per heavy atom. The van der Waals surface area contributed by atoms with Crippen molar-refractivity contribution in [3.8, 4) is 5.75 Å². The number of primary amides is 1. The zero-order valence-corrected chi connectivity index (χ0v) is 15.2. The first-order chi connectivity index (χ1) is 13.7. The molecule has 0 atom stereocenters. The molecule has 2 amide bonds. The molecule has 1 aromatic heterocycles. The van der Waals surface area contributed by atoms with E-state index in [-0.39, 0.29) is 24.7 Å². The van der Waals surface area contributed by atoms with Crippen molar-refractivity contribution in [1.29, 1.82) is 0 Å². The summed E-state index contributed by atoms with van der Waals surface area (Å²) in [6, 6.07) is 9.54. The maximum atomic E-state index is 13.8. The van der Waals surface area contributed by atoms with E-state index < -0.39 is 12.4 Å². The van der Waals surface area contributed by atoms with Crippen LogP contribution < -0.4 is 10.5 Å². The van der Waals surface area contributed by atoms with Gasteiger partial charge in [0.25, 0.3) is 0 Å². The molecule has 0 aliphatic carbocycles. The number of halogens is 4. The number of fused-ring (bicyclic) bond motifs is 3. The largest absolute Gasteiger partial charge is 0.573 e. The van der Waals surface area contributed by atoms with Crippen LogP contribution >= 0.6 is 0 Å². The van der Waals surface area contributed by atoms with E-state index in [9.17, 15) is 22.4 Å². The average Bonchev–Trinajstić information content (AvgIpc) is 2.93. The molecule has 4 rings (SSSR count). The first-order valence-corrected chi connectivity index (χ1v) is 8.90. The van der Waals surface area contributed by atoms with Crippen molar-refractivity contribution >= 4 is 16.9 Å². The fourth-order valence-electron chi connectivity index (χ4n) is 3.81. The van der Waals surface area contributed by atoms with Crippen LogP contribution in [0.25, 0.3) is 10.9 Å². The Balaban J connectivity index is 1.77. The summed E-state index contributed by atoms with van der Waals surface area (Å²) in [5, 5.41) is 0.729. The van der Waals surface area contributed by atoms with Gasteiger partial charge in [0.05, 0.1) is 6.54 Å². The van der Waals surface area contributed by atoms with E-state index in [4.69, 9.17) is 5.73 Å². The van der Waals surface area contributed by atoms with Gasteiger partial charge in [0.15, 0.2) is 0 Å². The molecular weight excluding hydrogens is 390 g/mol. The van der Waals surface area contributed by atoms with Gasteiger partial charge in [-0.15, -0.1) is 13.2 Å². The van der Waals surface area contributed by atoms with Gasteiger partial charge in [-0.2, -0.15) is 0 Å². The van der Waals surface area contributed by atoms with Crippen LogP contribution in [-0.2, 0) is 19.5 Å². The second kappa shape index (κ2) is 6.98. The van der Waals surface area contributed by atoms with Crippen LogP contribution in [-0.4, -0.2) is 28.4 Å².